The zero-order valence-electron chi connectivity index (χ0n) is 23.2. The van der Waals surface area contributed by atoms with Crippen LogP contribution in [-0.2, 0) is 29.1 Å². The number of rotatable bonds is 4. The number of carboxylic acid groups (broad SMARTS) is 2. The summed E-state index contributed by atoms with van der Waals surface area (Å²) in [4.78, 5) is 17.8. The minimum absolute atomic E-state index is 0. The van der Waals surface area contributed by atoms with Crippen LogP contribution in [0.25, 0.3) is 32.7 Å². The Morgan fingerprint density at radius 1 is 0.500 bits per heavy atom. The molecule has 0 atom stereocenters. The molecule has 0 fully saturated rings. The van der Waals surface area contributed by atoms with Crippen molar-refractivity contribution in [2.75, 3.05) is 0 Å². The summed E-state index contributed by atoms with van der Waals surface area (Å²) in [7, 11) is -0.719. The maximum absolute atomic E-state index is 8.89. The molecule has 0 aliphatic carbocycles. The van der Waals surface area contributed by atoms with Gasteiger partial charge in [0.15, 0.2) is 0 Å². The third-order valence-electron chi connectivity index (χ3n) is 6.24. The standard InChI is InChI=1S/C32H23P.2C2H4O2.Ru/c1-3-15-26(16-4-1)33(27-17-5-2-6-18-27)31-23-22-25-13-8-10-20-29(25)32(31)30-21-11-14-24-12-7-9-19-28(24)30;2*1-2(3)4;/h1-23H;2*1H3,(H,3,4);/q;;;+2/p-2. The van der Waals surface area contributed by atoms with E-state index in [4.69, 9.17) is 19.8 Å². The second-order valence-electron chi connectivity index (χ2n) is 9.20. The normalized spacial score (nSPS) is 10.1. The largest absolute Gasteiger partial charge is 2.00 e. The van der Waals surface area contributed by atoms with Crippen LogP contribution in [0.4, 0.5) is 0 Å². The van der Waals surface area contributed by atoms with Crippen molar-refractivity contribution < 1.29 is 39.3 Å². The van der Waals surface area contributed by atoms with Crippen LogP contribution >= 0.6 is 7.92 Å². The Hall–Kier alpha value is -4.17. The number of fused-ring (bicyclic) bond motifs is 2. The van der Waals surface area contributed by atoms with Crippen LogP contribution < -0.4 is 26.1 Å². The van der Waals surface area contributed by atoms with Crippen LogP contribution in [0.1, 0.15) is 13.8 Å². The first-order chi connectivity index (χ1) is 19.9. The Bertz CT molecular complexity index is 1710. The van der Waals surface area contributed by atoms with Crippen LogP contribution in [0.5, 0.6) is 0 Å². The fraction of sp³-hybridized carbons (Fsp3) is 0.0556. The van der Waals surface area contributed by atoms with Gasteiger partial charge in [0, 0.05) is 11.9 Å². The van der Waals surface area contributed by atoms with Gasteiger partial charge in [-0.25, -0.2) is 0 Å². The van der Waals surface area contributed by atoms with Crippen LogP contribution in [0.2, 0.25) is 0 Å². The van der Waals surface area contributed by atoms with Crippen molar-refractivity contribution in [2.45, 2.75) is 13.8 Å². The molecule has 0 radical (unpaired) electrons. The van der Waals surface area contributed by atoms with E-state index in [0.29, 0.717) is 0 Å². The molecule has 0 unspecified atom stereocenters. The number of aliphatic carboxylic acids is 2. The third-order valence-corrected chi connectivity index (χ3v) is 8.72. The number of carbonyl (C=O) groups is 2. The van der Waals surface area contributed by atoms with E-state index in [1.54, 1.807) is 0 Å². The molecule has 6 rings (SSSR count). The van der Waals surface area contributed by atoms with Gasteiger partial charge >= 0.3 is 19.5 Å². The SMILES string of the molecule is CC(=O)[O-].CC(=O)[O-].[Ru+2].c1ccc(P(c2ccccc2)c2ccc3ccccc3c2-c2cccc3ccccc23)cc1. The number of carboxylic acids is 2. The third kappa shape index (κ3) is 8.20. The topological polar surface area (TPSA) is 80.3 Å². The van der Waals surface area contributed by atoms with E-state index in [9.17, 15) is 0 Å². The molecule has 42 heavy (non-hydrogen) atoms. The van der Waals surface area contributed by atoms with Crippen molar-refractivity contribution in [1.82, 2.24) is 0 Å². The summed E-state index contributed by atoms with van der Waals surface area (Å²) in [6, 6.07) is 50.8. The predicted molar refractivity (Wildman–Crippen MR) is 167 cm³/mol. The van der Waals surface area contributed by atoms with E-state index in [2.05, 4.69) is 140 Å². The smallest absolute Gasteiger partial charge is 0.550 e. The predicted octanol–water partition coefficient (Wildman–Crippen LogP) is 4.93. The van der Waals surface area contributed by atoms with E-state index in [-0.39, 0.29) is 19.5 Å². The molecule has 0 amide bonds. The molecule has 0 saturated heterocycles. The minimum Gasteiger partial charge on any atom is -0.550 e. The molecule has 0 aliphatic heterocycles. The van der Waals surface area contributed by atoms with Crippen LogP contribution in [0.3, 0.4) is 0 Å². The molecular formula is C36H29O4PRu. The quantitative estimate of drug-likeness (QED) is 0.199. The molecule has 0 bridgehead atoms. The molecule has 6 heteroatoms. The number of hydrogen-bond donors (Lipinski definition) is 0. The van der Waals surface area contributed by atoms with E-state index in [1.165, 1.54) is 48.6 Å². The Balaban J connectivity index is 0.000000482. The summed E-state index contributed by atoms with van der Waals surface area (Å²) in [6.07, 6.45) is 0. The first-order valence-corrected chi connectivity index (χ1v) is 14.5. The van der Waals surface area contributed by atoms with Gasteiger partial charge in [-0.3, -0.25) is 0 Å². The molecule has 6 aromatic carbocycles. The number of benzene rings is 6. The summed E-state index contributed by atoms with van der Waals surface area (Å²) in [5.41, 5.74) is 2.66. The monoisotopic (exact) mass is 658 g/mol. The van der Waals surface area contributed by atoms with Crippen molar-refractivity contribution in [2.24, 2.45) is 0 Å². The van der Waals surface area contributed by atoms with Gasteiger partial charge in [-0.2, -0.15) is 0 Å². The molecule has 4 nitrogen and oxygen atoms in total. The minimum atomic E-state index is -1.08. The average Bonchev–Trinajstić information content (AvgIpc) is 2.97. The molecule has 0 heterocycles. The molecule has 0 N–H and O–H groups in total. The summed E-state index contributed by atoms with van der Waals surface area (Å²) in [5, 5.41) is 27.1. The van der Waals surface area contributed by atoms with Crippen molar-refractivity contribution in [3.8, 4) is 11.1 Å². The summed E-state index contributed by atoms with van der Waals surface area (Å²) in [5.74, 6) is -2.17. The van der Waals surface area contributed by atoms with Gasteiger partial charge in [-0.05, 0) is 70.4 Å². The van der Waals surface area contributed by atoms with Gasteiger partial charge in [0.25, 0.3) is 0 Å². The Kier molecular flexibility index (Phi) is 12.1. The van der Waals surface area contributed by atoms with Crippen molar-refractivity contribution >= 4 is 57.3 Å². The Morgan fingerprint density at radius 2 is 0.905 bits per heavy atom. The molecular weight excluding hydrogens is 628 g/mol. The first kappa shape index (κ1) is 32.3. The van der Waals surface area contributed by atoms with Crippen LogP contribution in [0, 0.1) is 0 Å². The Morgan fingerprint density at radius 3 is 1.43 bits per heavy atom. The van der Waals surface area contributed by atoms with E-state index < -0.39 is 19.9 Å². The van der Waals surface area contributed by atoms with Crippen LogP contribution in [0.15, 0.2) is 140 Å². The fourth-order valence-electron chi connectivity index (χ4n) is 4.75. The Labute approximate surface area is 260 Å². The van der Waals surface area contributed by atoms with Gasteiger partial charge in [0.05, 0.1) is 0 Å². The van der Waals surface area contributed by atoms with Gasteiger partial charge in [0.1, 0.15) is 0 Å². The van der Waals surface area contributed by atoms with Gasteiger partial charge in [0.2, 0.25) is 0 Å². The fourth-order valence-corrected chi connectivity index (χ4v) is 7.24. The second kappa shape index (κ2) is 15.7. The molecule has 0 aliphatic rings. The van der Waals surface area contributed by atoms with E-state index >= 15 is 0 Å². The van der Waals surface area contributed by atoms with Crippen molar-refractivity contribution in [1.29, 1.82) is 0 Å². The summed E-state index contributed by atoms with van der Waals surface area (Å²) in [6.45, 7) is 1.94. The molecule has 0 spiro atoms. The van der Waals surface area contributed by atoms with Crippen LogP contribution in [-0.4, -0.2) is 11.9 Å². The van der Waals surface area contributed by atoms with Crippen molar-refractivity contribution in [3.63, 3.8) is 0 Å². The molecule has 0 aromatic heterocycles. The number of hydrogen-bond acceptors (Lipinski definition) is 4. The molecule has 210 valence electrons. The van der Waals surface area contributed by atoms with Gasteiger partial charge in [-0.1, -0.05) is 140 Å². The molecule has 6 aromatic rings. The zero-order chi connectivity index (χ0) is 29.2. The summed E-state index contributed by atoms with van der Waals surface area (Å²) < 4.78 is 0. The molecule has 0 saturated carbocycles. The van der Waals surface area contributed by atoms with Gasteiger partial charge in [-0.15, -0.1) is 0 Å². The zero-order valence-corrected chi connectivity index (χ0v) is 25.8. The maximum Gasteiger partial charge on any atom is 2.00 e. The summed E-state index contributed by atoms with van der Waals surface area (Å²) >= 11 is 0. The van der Waals surface area contributed by atoms with Gasteiger partial charge < -0.3 is 19.8 Å². The van der Waals surface area contributed by atoms with E-state index in [0.717, 1.165) is 13.8 Å². The number of carbonyl (C=O) groups excluding carboxylic acids is 2. The van der Waals surface area contributed by atoms with E-state index in [1.807, 2.05) is 0 Å². The maximum atomic E-state index is 8.89. The average molecular weight is 658 g/mol. The second-order valence-corrected chi connectivity index (χ2v) is 11.4. The first-order valence-electron chi connectivity index (χ1n) is 13.1. The van der Waals surface area contributed by atoms with Crippen molar-refractivity contribution in [3.05, 3.63) is 140 Å².